The Morgan fingerprint density at radius 3 is 2.44 bits per heavy atom. The highest BCUT2D eigenvalue weighted by Gasteiger charge is 2.22. The Hall–Kier alpha value is -1.55. The lowest BCUT2D eigenvalue weighted by Crippen LogP contribution is -2.45. The van der Waals surface area contributed by atoms with E-state index >= 15 is 0 Å². The van der Waals surface area contributed by atoms with E-state index in [1.54, 1.807) is 0 Å². The topological polar surface area (TPSA) is 35.6 Å². The van der Waals surface area contributed by atoms with Crippen molar-refractivity contribution in [2.75, 3.05) is 39.3 Å². The number of hydrogen-bond acceptors (Lipinski definition) is 2. The molecule has 2 heterocycles. The van der Waals surface area contributed by atoms with Gasteiger partial charge in [-0.15, -0.1) is 0 Å². The molecule has 2 saturated heterocycles. The van der Waals surface area contributed by atoms with Gasteiger partial charge < -0.3 is 15.1 Å². The van der Waals surface area contributed by atoms with Crippen molar-refractivity contribution in [1.29, 1.82) is 0 Å². The van der Waals surface area contributed by atoms with Crippen LogP contribution in [-0.2, 0) is 6.42 Å². The zero-order valence-electron chi connectivity index (χ0n) is 15.5. The summed E-state index contributed by atoms with van der Waals surface area (Å²) in [5.41, 5.74) is 1.42. The summed E-state index contributed by atoms with van der Waals surface area (Å²) in [7, 11) is 0. The third-order valence-electron chi connectivity index (χ3n) is 5.64. The second-order valence-corrected chi connectivity index (χ2v) is 7.61. The van der Waals surface area contributed by atoms with Gasteiger partial charge in [0.15, 0.2) is 0 Å². The molecule has 2 aliphatic heterocycles. The van der Waals surface area contributed by atoms with Crippen LogP contribution in [0.4, 0.5) is 4.79 Å². The van der Waals surface area contributed by atoms with Gasteiger partial charge in [0.1, 0.15) is 0 Å². The lowest BCUT2D eigenvalue weighted by molar-refractivity contribution is 0.169. The van der Waals surface area contributed by atoms with Gasteiger partial charge in [-0.05, 0) is 69.6 Å². The monoisotopic (exact) mass is 343 g/mol. The number of benzene rings is 1. The zero-order valence-corrected chi connectivity index (χ0v) is 15.5. The molecule has 0 aliphatic carbocycles. The third kappa shape index (κ3) is 6.03. The number of carbonyl (C=O) groups is 1. The molecule has 1 aromatic carbocycles. The van der Waals surface area contributed by atoms with E-state index in [-0.39, 0.29) is 6.03 Å². The van der Waals surface area contributed by atoms with Crippen LogP contribution in [0.3, 0.4) is 0 Å². The molecule has 1 N–H and O–H groups in total. The van der Waals surface area contributed by atoms with Crippen LogP contribution in [0.25, 0.3) is 0 Å². The van der Waals surface area contributed by atoms with Crippen molar-refractivity contribution >= 4 is 6.03 Å². The lowest BCUT2D eigenvalue weighted by atomic mass is 9.90. The van der Waals surface area contributed by atoms with Crippen molar-refractivity contribution in [3.63, 3.8) is 0 Å². The zero-order chi connectivity index (χ0) is 17.3. The van der Waals surface area contributed by atoms with Crippen LogP contribution in [0.1, 0.15) is 44.1 Å². The van der Waals surface area contributed by atoms with Crippen LogP contribution in [-0.4, -0.2) is 55.1 Å². The van der Waals surface area contributed by atoms with E-state index in [2.05, 4.69) is 40.5 Å². The molecule has 2 amide bonds. The van der Waals surface area contributed by atoms with Crippen molar-refractivity contribution in [3.8, 4) is 0 Å². The van der Waals surface area contributed by atoms with Gasteiger partial charge >= 0.3 is 6.03 Å². The average molecular weight is 344 g/mol. The average Bonchev–Trinajstić information content (AvgIpc) is 2.67. The Balaban J connectivity index is 1.29. The Labute approximate surface area is 152 Å². The molecule has 2 aliphatic rings. The fourth-order valence-electron chi connectivity index (χ4n) is 4.08. The van der Waals surface area contributed by atoms with Crippen molar-refractivity contribution < 1.29 is 4.79 Å². The van der Waals surface area contributed by atoms with E-state index in [1.165, 1.54) is 37.9 Å². The summed E-state index contributed by atoms with van der Waals surface area (Å²) < 4.78 is 0. The predicted octanol–water partition coefficient (Wildman–Crippen LogP) is 3.53. The van der Waals surface area contributed by atoms with Crippen LogP contribution in [0.2, 0.25) is 0 Å². The number of rotatable bonds is 6. The summed E-state index contributed by atoms with van der Waals surface area (Å²) in [6.45, 7) is 6.20. The van der Waals surface area contributed by atoms with E-state index in [4.69, 9.17) is 0 Å². The largest absolute Gasteiger partial charge is 0.338 e. The first-order valence-corrected chi connectivity index (χ1v) is 10.1. The number of amides is 2. The number of nitrogens with zero attached hydrogens (tertiary/aromatic N) is 2. The molecule has 0 spiro atoms. The van der Waals surface area contributed by atoms with Gasteiger partial charge in [0.25, 0.3) is 0 Å². The van der Waals surface area contributed by atoms with Gasteiger partial charge in [0.2, 0.25) is 0 Å². The van der Waals surface area contributed by atoms with E-state index in [0.29, 0.717) is 5.92 Å². The molecule has 4 heteroatoms. The first-order valence-electron chi connectivity index (χ1n) is 10.1. The van der Waals surface area contributed by atoms with Gasteiger partial charge in [0.05, 0.1) is 0 Å². The van der Waals surface area contributed by atoms with Crippen molar-refractivity contribution in [2.45, 2.75) is 44.9 Å². The first kappa shape index (κ1) is 18.2. The van der Waals surface area contributed by atoms with E-state index in [1.807, 2.05) is 4.90 Å². The molecule has 138 valence electrons. The number of likely N-dealkylation sites (tertiary alicyclic amines) is 2. The summed E-state index contributed by atoms with van der Waals surface area (Å²) in [5.74, 6) is 0.713. The van der Waals surface area contributed by atoms with Crippen LogP contribution >= 0.6 is 0 Å². The molecular weight excluding hydrogens is 310 g/mol. The Kier molecular flexibility index (Phi) is 7.16. The predicted molar refractivity (Wildman–Crippen MR) is 103 cm³/mol. The first-order chi connectivity index (χ1) is 12.3. The van der Waals surface area contributed by atoms with E-state index in [0.717, 1.165) is 51.9 Å². The van der Waals surface area contributed by atoms with Crippen LogP contribution < -0.4 is 5.32 Å². The fraction of sp³-hybridized carbons (Fsp3) is 0.667. The molecule has 0 saturated carbocycles. The van der Waals surface area contributed by atoms with Crippen molar-refractivity contribution in [2.24, 2.45) is 5.92 Å². The summed E-state index contributed by atoms with van der Waals surface area (Å²) in [6, 6.07) is 10.9. The number of urea groups is 1. The van der Waals surface area contributed by atoms with E-state index in [9.17, 15) is 4.79 Å². The molecule has 0 unspecified atom stereocenters. The molecular formula is C21H33N3O. The lowest BCUT2D eigenvalue weighted by Gasteiger charge is -2.32. The van der Waals surface area contributed by atoms with Crippen LogP contribution in [0.15, 0.2) is 30.3 Å². The summed E-state index contributed by atoms with van der Waals surface area (Å²) in [4.78, 5) is 16.9. The highest BCUT2D eigenvalue weighted by atomic mass is 16.2. The van der Waals surface area contributed by atoms with Crippen molar-refractivity contribution in [1.82, 2.24) is 15.1 Å². The van der Waals surface area contributed by atoms with Gasteiger partial charge in [-0.25, -0.2) is 4.79 Å². The molecule has 0 bridgehead atoms. The molecule has 25 heavy (non-hydrogen) atoms. The maximum atomic E-state index is 12.3. The van der Waals surface area contributed by atoms with E-state index < -0.39 is 0 Å². The fourth-order valence-corrected chi connectivity index (χ4v) is 4.08. The molecule has 3 rings (SSSR count). The highest BCUT2D eigenvalue weighted by molar-refractivity contribution is 5.74. The number of hydrogen-bond donors (Lipinski definition) is 1. The van der Waals surface area contributed by atoms with Crippen LogP contribution in [0, 0.1) is 5.92 Å². The Morgan fingerprint density at radius 1 is 1.00 bits per heavy atom. The summed E-state index contributed by atoms with van der Waals surface area (Å²) in [6.07, 6.45) is 8.51. The Bertz CT molecular complexity index is 505. The standard InChI is InChI=1S/C21H33N3O/c25-21(22-12-7-15-23-13-5-2-6-14-23)24-16-10-20(11-17-24)18-19-8-3-1-4-9-19/h1,3-4,8-9,20H,2,5-7,10-18H2,(H,22,25). The summed E-state index contributed by atoms with van der Waals surface area (Å²) in [5, 5.41) is 3.12. The third-order valence-corrected chi connectivity index (χ3v) is 5.64. The molecule has 0 radical (unpaired) electrons. The minimum atomic E-state index is 0.136. The smallest absolute Gasteiger partial charge is 0.317 e. The number of piperidine rings is 2. The van der Waals surface area contributed by atoms with Gasteiger partial charge in [-0.1, -0.05) is 36.8 Å². The van der Waals surface area contributed by atoms with Gasteiger partial charge in [0, 0.05) is 19.6 Å². The normalized spacial score (nSPS) is 19.8. The maximum absolute atomic E-state index is 12.3. The minimum absolute atomic E-state index is 0.136. The molecule has 2 fully saturated rings. The molecule has 1 aromatic rings. The Morgan fingerprint density at radius 2 is 1.72 bits per heavy atom. The second-order valence-electron chi connectivity index (χ2n) is 7.61. The summed E-state index contributed by atoms with van der Waals surface area (Å²) >= 11 is 0. The minimum Gasteiger partial charge on any atom is -0.338 e. The second kappa shape index (κ2) is 9.81. The van der Waals surface area contributed by atoms with Crippen LogP contribution in [0.5, 0.6) is 0 Å². The molecule has 0 aromatic heterocycles. The van der Waals surface area contributed by atoms with Gasteiger partial charge in [-0.3, -0.25) is 0 Å². The quantitative estimate of drug-likeness (QED) is 0.802. The van der Waals surface area contributed by atoms with Crippen molar-refractivity contribution in [3.05, 3.63) is 35.9 Å². The molecule has 0 atom stereocenters. The molecule has 4 nitrogen and oxygen atoms in total. The SMILES string of the molecule is O=C(NCCCN1CCCCC1)N1CCC(Cc2ccccc2)CC1. The van der Waals surface area contributed by atoms with Gasteiger partial charge in [-0.2, -0.15) is 0 Å². The maximum Gasteiger partial charge on any atom is 0.317 e. The number of carbonyl (C=O) groups excluding carboxylic acids is 1. The highest BCUT2D eigenvalue weighted by Crippen LogP contribution is 2.21. The number of nitrogens with one attached hydrogen (secondary N) is 1.